The molecule has 7 aromatic carbocycles. The monoisotopic (exact) mass is 740 g/mol. The second kappa shape index (κ2) is 15.4. The van der Waals surface area contributed by atoms with Crippen LogP contribution in [0, 0.1) is 0 Å². The quantitative estimate of drug-likeness (QED) is 0.156. The van der Waals surface area contributed by atoms with Crippen molar-refractivity contribution in [1.82, 2.24) is 19.9 Å². The molecule has 4 nitrogen and oxygen atoms in total. The molecular formula is C54H36N4. The van der Waals surface area contributed by atoms with Crippen molar-refractivity contribution in [3.8, 4) is 89.5 Å². The summed E-state index contributed by atoms with van der Waals surface area (Å²) in [5, 5.41) is 0. The molecule has 0 spiro atoms. The zero-order valence-corrected chi connectivity index (χ0v) is 31.6. The second-order valence-corrected chi connectivity index (χ2v) is 14.3. The summed E-state index contributed by atoms with van der Waals surface area (Å²) in [4.78, 5) is 20.1. The average Bonchev–Trinajstić information content (AvgIpc) is 3.32. The Labute approximate surface area is 337 Å². The summed E-state index contributed by atoms with van der Waals surface area (Å²) in [5.41, 5.74) is 18.2. The van der Waals surface area contributed by atoms with E-state index in [1.165, 1.54) is 11.1 Å². The van der Waals surface area contributed by atoms with Gasteiger partial charge in [0.2, 0.25) is 0 Å². The van der Waals surface area contributed by atoms with Gasteiger partial charge in [-0.05, 0) is 93.0 Å². The molecule has 58 heavy (non-hydrogen) atoms. The molecule has 272 valence electrons. The van der Waals surface area contributed by atoms with Gasteiger partial charge in [0.05, 0.1) is 33.8 Å². The van der Waals surface area contributed by atoms with Crippen LogP contribution in [0.25, 0.3) is 101 Å². The Morgan fingerprint density at radius 3 is 1.00 bits per heavy atom. The maximum absolute atomic E-state index is 5.48. The molecule has 3 aromatic heterocycles. The highest BCUT2D eigenvalue weighted by Crippen LogP contribution is 2.40. The molecule has 0 N–H and O–H groups in total. The Hall–Kier alpha value is -7.82. The van der Waals surface area contributed by atoms with Crippen LogP contribution in [0.2, 0.25) is 0 Å². The fourth-order valence-electron chi connectivity index (χ4n) is 7.64. The SMILES string of the molecule is c1ccc(-c2cccc(-c3cc4nc(-c5ccc(-c6ccccn6)cc5)c(-c5ccc(-c6ccccn6)cc5)nc4cc3-c3cccc(-c4ccccc4)c3)c2)cc1. The molecule has 0 bridgehead atoms. The molecule has 3 heterocycles. The van der Waals surface area contributed by atoms with E-state index in [9.17, 15) is 0 Å². The zero-order valence-electron chi connectivity index (χ0n) is 31.6. The van der Waals surface area contributed by atoms with Gasteiger partial charge in [-0.2, -0.15) is 0 Å². The molecule has 4 heteroatoms. The van der Waals surface area contributed by atoms with Crippen LogP contribution in [0.4, 0.5) is 0 Å². The molecule has 10 aromatic rings. The Balaban J connectivity index is 1.18. The zero-order chi connectivity index (χ0) is 38.7. The van der Waals surface area contributed by atoms with Crippen LogP contribution in [0.3, 0.4) is 0 Å². The van der Waals surface area contributed by atoms with Gasteiger partial charge in [0.1, 0.15) is 0 Å². The van der Waals surface area contributed by atoms with Crippen molar-refractivity contribution in [3.05, 3.63) is 219 Å². The standard InChI is InChI=1S/C54H36N4/c1-3-13-37(14-4-1)43-17-11-19-45(33-43)47-35-51-52(36-48(47)46-20-12-18-44(34-46)38-15-5-2-6-16-38)58-54(42-29-25-40(26-30-42)50-22-8-10-32-56-50)53(57-51)41-27-23-39(24-28-41)49-21-7-9-31-55-49/h1-36H. The van der Waals surface area contributed by atoms with Crippen molar-refractivity contribution in [2.24, 2.45) is 0 Å². The number of benzene rings is 7. The second-order valence-electron chi connectivity index (χ2n) is 14.3. The normalized spacial score (nSPS) is 11.1. The average molecular weight is 741 g/mol. The first kappa shape index (κ1) is 34.7. The number of aromatic nitrogens is 4. The lowest BCUT2D eigenvalue weighted by Crippen LogP contribution is -1.98. The topological polar surface area (TPSA) is 51.6 Å². The van der Waals surface area contributed by atoms with Gasteiger partial charge in [0.15, 0.2) is 0 Å². The van der Waals surface area contributed by atoms with Gasteiger partial charge < -0.3 is 0 Å². The minimum absolute atomic E-state index is 0.813. The molecule has 0 radical (unpaired) electrons. The minimum atomic E-state index is 0.813. The highest BCUT2D eigenvalue weighted by Gasteiger charge is 2.18. The summed E-state index contributed by atoms with van der Waals surface area (Å²) < 4.78 is 0. The highest BCUT2D eigenvalue weighted by molar-refractivity contribution is 5.97. The molecule has 0 aliphatic rings. The summed E-state index contributed by atoms with van der Waals surface area (Å²) >= 11 is 0. The summed E-state index contributed by atoms with van der Waals surface area (Å²) in [6, 6.07) is 72.0. The highest BCUT2D eigenvalue weighted by atomic mass is 14.8. The third kappa shape index (κ3) is 6.95. The Morgan fingerprint density at radius 1 is 0.241 bits per heavy atom. The summed E-state index contributed by atoms with van der Waals surface area (Å²) in [6.07, 6.45) is 3.65. The van der Waals surface area contributed by atoms with Crippen LogP contribution in [-0.2, 0) is 0 Å². The number of nitrogens with zero attached hydrogens (tertiary/aromatic N) is 4. The van der Waals surface area contributed by atoms with Gasteiger partial charge >= 0.3 is 0 Å². The van der Waals surface area contributed by atoms with E-state index in [0.717, 1.165) is 89.4 Å². The predicted octanol–water partition coefficient (Wildman–Crippen LogP) is 13.8. The molecule has 0 unspecified atom stereocenters. The third-order valence-electron chi connectivity index (χ3n) is 10.6. The molecule has 10 rings (SSSR count). The molecule has 0 saturated carbocycles. The summed E-state index contributed by atoms with van der Waals surface area (Å²) in [7, 11) is 0. The van der Waals surface area contributed by atoms with E-state index in [1.54, 1.807) is 0 Å². The molecular weight excluding hydrogens is 705 g/mol. The molecule has 0 aliphatic carbocycles. The minimum Gasteiger partial charge on any atom is -0.256 e. The van der Waals surface area contributed by atoms with Gasteiger partial charge in [0, 0.05) is 34.6 Å². The molecule has 0 atom stereocenters. The van der Waals surface area contributed by atoms with Crippen molar-refractivity contribution in [2.75, 3.05) is 0 Å². The van der Waals surface area contributed by atoms with Gasteiger partial charge in [-0.15, -0.1) is 0 Å². The summed E-state index contributed by atoms with van der Waals surface area (Å²) in [5.74, 6) is 0. The molecule has 0 fully saturated rings. The fraction of sp³-hybridized carbons (Fsp3) is 0. The van der Waals surface area contributed by atoms with Crippen LogP contribution in [0.1, 0.15) is 0 Å². The Bertz CT molecular complexity index is 2790. The third-order valence-corrected chi connectivity index (χ3v) is 10.6. The first-order valence-corrected chi connectivity index (χ1v) is 19.4. The van der Waals surface area contributed by atoms with Crippen LogP contribution >= 0.6 is 0 Å². The van der Waals surface area contributed by atoms with Gasteiger partial charge in [-0.25, -0.2) is 9.97 Å². The maximum atomic E-state index is 5.48. The van der Waals surface area contributed by atoms with Gasteiger partial charge in [-0.1, -0.05) is 158 Å². The first-order valence-electron chi connectivity index (χ1n) is 19.4. The molecule has 0 aliphatic heterocycles. The fourth-order valence-corrected chi connectivity index (χ4v) is 7.64. The van der Waals surface area contributed by atoms with Crippen molar-refractivity contribution in [1.29, 1.82) is 0 Å². The van der Waals surface area contributed by atoms with Crippen LogP contribution in [0.15, 0.2) is 219 Å². The van der Waals surface area contributed by atoms with E-state index < -0.39 is 0 Å². The van der Waals surface area contributed by atoms with E-state index in [-0.39, 0.29) is 0 Å². The summed E-state index contributed by atoms with van der Waals surface area (Å²) in [6.45, 7) is 0. The Morgan fingerprint density at radius 2 is 0.603 bits per heavy atom. The lowest BCUT2D eigenvalue weighted by Gasteiger charge is -2.16. The van der Waals surface area contributed by atoms with E-state index in [1.807, 2.05) is 48.8 Å². The van der Waals surface area contributed by atoms with E-state index in [4.69, 9.17) is 9.97 Å². The van der Waals surface area contributed by atoms with Gasteiger partial charge in [-0.3, -0.25) is 9.97 Å². The molecule has 0 amide bonds. The van der Waals surface area contributed by atoms with Crippen molar-refractivity contribution >= 4 is 11.0 Å². The van der Waals surface area contributed by atoms with Crippen molar-refractivity contribution < 1.29 is 0 Å². The Kier molecular flexibility index (Phi) is 9.18. The number of fused-ring (bicyclic) bond motifs is 1. The largest absolute Gasteiger partial charge is 0.256 e. The first-order chi connectivity index (χ1) is 28.7. The van der Waals surface area contributed by atoms with Gasteiger partial charge in [0.25, 0.3) is 0 Å². The number of rotatable bonds is 8. The number of hydrogen-bond donors (Lipinski definition) is 0. The van der Waals surface area contributed by atoms with E-state index >= 15 is 0 Å². The van der Waals surface area contributed by atoms with Crippen LogP contribution in [0.5, 0.6) is 0 Å². The van der Waals surface area contributed by atoms with E-state index in [0.29, 0.717) is 0 Å². The smallest absolute Gasteiger partial charge is 0.0973 e. The predicted molar refractivity (Wildman–Crippen MR) is 239 cm³/mol. The van der Waals surface area contributed by atoms with E-state index in [2.05, 4.69) is 180 Å². The lowest BCUT2D eigenvalue weighted by molar-refractivity contribution is 1.29. The molecule has 0 saturated heterocycles. The number of pyridine rings is 2. The van der Waals surface area contributed by atoms with Crippen molar-refractivity contribution in [3.63, 3.8) is 0 Å². The van der Waals surface area contributed by atoms with Crippen LogP contribution in [-0.4, -0.2) is 19.9 Å². The maximum Gasteiger partial charge on any atom is 0.0973 e. The van der Waals surface area contributed by atoms with Crippen LogP contribution < -0.4 is 0 Å². The number of hydrogen-bond acceptors (Lipinski definition) is 4. The lowest BCUT2D eigenvalue weighted by atomic mass is 9.90. The van der Waals surface area contributed by atoms with Crippen molar-refractivity contribution in [2.45, 2.75) is 0 Å².